The Morgan fingerprint density at radius 1 is 0.900 bits per heavy atom. The molecule has 2 aromatic heterocycles. The molecule has 0 radical (unpaired) electrons. The molecular weight excluding hydrogens is 394 g/mol. The van der Waals surface area contributed by atoms with Gasteiger partial charge in [0.25, 0.3) is 0 Å². The monoisotopic (exact) mass is 411 g/mol. The summed E-state index contributed by atoms with van der Waals surface area (Å²) in [4.78, 5) is 9.05. The molecule has 0 saturated heterocycles. The number of rotatable bonds is 4. The van der Waals surface area contributed by atoms with E-state index in [1.807, 2.05) is 54.6 Å². The number of nitrogens with two attached hydrogens (primary N) is 1. The summed E-state index contributed by atoms with van der Waals surface area (Å²) < 4.78 is 2.15. The largest absolute Gasteiger partial charge is 0.399 e. The van der Waals surface area contributed by atoms with Crippen molar-refractivity contribution < 1.29 is 0 Å². The smallest absolute Gasteiger partial charge is 0.227 e. The molecule has 0 saturated carbocycles. The lowest BCUT2D eigenvalue weighted by Gasteiger charge is -2.08. The third kappa shape index (κ3) is 3.36. The van der Waals surface area contributed by atoms with Gasteiger partial charge in [-0.25, -0.2) is 9.97 Å². The molecule has 0 aliphatic carbocycles. The fourth-order valence-corrected chi connectivity index (χ4v) is 3.73. The van der Waals surface area contributed by atoms with Crippen molar-refractivity contribution in [3.63, 3.8) is 0 Å². The van der Waals surface area contributed by atoms with Crippen LogP contribution in [0.4, 0.5) is 17.3 Å². The van der Waals surface area contributed by atoms with Crippen molar-refractivity contribution in [2.24, 2.45) is 0 Å². The number of benzene rings is 3. The highest BCUT2D eigenvalue weighted by Crippen LogP contribution is 2.35. The number of nitrogens with zero attached hydrogens (tertiary/aromatic N) is 3. The molecule has 0 spiro atoms. The van der Waals surface area contributed by atoms with Gasteiger partial charge < -0.3 is 15.6 Å². The van der Waals surface area contributed by atoms with Crippen LogP contribution in [-0.4, -0.2) is 14.5 Å². The third-order valence-electron chi connectivity index (χ3n) is 4.89. The Hall–Kier alpha value is -3.83. The number of aromatic nitrogens is 3. The molecule has 0 atom stereocenters. The molecule has 0 aliphatic heterocycles. The maximum absolute atomic E-state index is 6.53. The topological polar surface area (TPSA) is 68.8 Å². The highest BCUT2D eigenvalue weighted by molar-refractivity contribution is 6.33. The van der Waals surface area contributed by atoms with Gasteiger partial charge >= 0.3 is 0 Å². The molecule has 146 valence electrons. The summed E-state index contributed by atoms with van der Waals surface area (Å²) in [5, 5.41) is 4.76. The quantitative estimate of drug-likeness (QED) is 0.352. The van der Waals surface area contributed by atoms with Gasteiger partial charge in [-0.2, -0.15) is 0 Å². The highest BCUT2D eigenvalue weighted by atomic mass is 35.5. The van der Waals surface area contributed by atoms with Gasteiger partial charge in [-0.15, -0.1) is 0 Å². The molecule has 30 heavy (non-hydrogen) atoms. The van der Waals surface area contributed by atoms with Gasteiger partial charge in [0, 0.05) is 34.2 Å². The Balaban J connectivity index is 1.64. The standard InChI is InChI=1S/C24H18ClN5/c25-21-14-27-24(28-17-8-6-7-16(26)13-17)29-23(21)20-15-30(18-9-2-1-3-10-18)22-12-5-4-11-19(20)22/h1-15H,26H2,(H,27,28,29). The number of hydrogen-bond donors (Lipinski definition) is 2. The van der Waals surface area contributed by atoms with Crippen molar-refractivity contribution in [2.45, 2.75) is 0 Å². The minimum atomic E-state index is 0.455. The molecule has 5 rings (SSSR count). The van der Waals surface area contributed by atoms with Crippen LogP contribution in [0.5, 0.6) is 0 Å². The second-order valence-electron chi connectivity index (χ2n) is 6.91. The Morgan fingerprint density at radius 3 is 2.53 bits per heavy atom. The van der Waals surface area contributed by atoms with Crippen LogP contribution in [0, 0.1) is 0 Å². The number of nitrogen functional groups attached to an aromatic ring is 1. The first-order chi connectivity index (χ1) is 14.7. The molecule has 0 aliphatic rings. The van der Waals surface area contributed by atoms with Crippen LogP contribution in [0.15, 0.2) is 91.3 Å². The molecular formula is C24H18ClN5. The van der Waals surface area contributed by atoms with Crippen molar-refractivity contribution in [3.8, 4) is 16.9 Å². The van der Waals surface area contributed by atoms with E-state index in [-0.39, 0.29) is 0 Å². The molecule has 0 unspecified atom stereocenters. The van der Waals surface area contributed by atoms with Gasteiger partial charge in [-0.3, -0.25) is 0 Å². The van der Waals surface area contributed by atoms with Crippen LogP contribution >= 0.6 is 11.6 Å². The number of nitrogens with one attached hydrogen (secondary N) is 1. The van der Waals surface area contributed by atoms with Crippen LogP contribution < -0.4 is 11.1 Å². The summed E-state index contributed by atoms with van der Waals surface area (Å²) in [6.45, 7) is 0. The van der Waals surface area contributed by atoms with E-state index in [4.69, 9.17) is 22.3 Å². The lowest BCUT2D eigenvalue weighted by molar-refractivity contribution is 1.12. The predicted molar refractivity (Wildman–Crippen MR) is 123 cm³/mol. The number of hydrogen-bond acceptors (Lipinski definition) is 4. The third-order valence-corrected chi connectivity index (χ3v) is 5.16. The van der Waals surface area contributed by atoms with Gasteiger partial charge in [-0.1, -0.05) is 54.1 Å². The summed E-state index contributed by atoms with van der Waals surface area (Å²) in [6.07, 6.45) is 3.69. The van der Waals surface area contributed by atoms with E-state index in [9.17, 15) is 0 Å². The van der Waals surface area contributed by atoms with Crippen LogP contribution in [0.1, 0.15) is 0 Å². The van der Waals surface area contributed by atoms with E-state index in [1.54, 1.807) is 6.20 Å². The minimum Gasteiger partial charge on any atom is -0.399 e. The van der Waals surface area contributed by atoms with Crippen molar-refractivity contribution in [3.05, 3.63) is 96.3 Å². The lowest BCUT2D eigenvalue weighted by Crippen LogP contribution is -1.99. The van der Waals surface area contributed by atoms with E-state index in [2.05, 4.69) is 45.3 Å². The predicted octanol–water partition coefficient (Wildman–Crippen LogP) is 6.07. The zero-order valence-electron chi connectivity index (χ0n) is 16.0. The Morgan fingerprint density at radius 2 is 1.70 bits per heavy atom. The Kier molecular flexibility index (Phi) is 4.58. The summed E-state index contributed by atoms with van der Waals surface area (Å²) in [6, 6.07) is 25.9. The maximum atomic E-state index is 6.53. The van der Waals surface area contributed by atoms with Gasteiger partial charge in [0.2, 0.25) is 5.95 Å². The molecule has 3 aromatic carbocycles. The van der Waals surface area contributed by atoms with Crippen molar-refractivity contribution in [1.82, 2.24) is 14.5 Å². The molecule has 6 heteroatoms. The Bertz CT molecular complexity index is 1340. The van der Waals surface area contributed by atoms with Crippen LogP contribution in [0.2, 0.25) is 5.02 Å². The second-order valence-corrected chi connectivity index (χ2v) is 7.31. The van der Waals surface area contributed by atoms with E-state index in [0.717, 1.165) is 27.8 Å². The number of halogens is 1. The number of anilines is 3. The number of para-hydroxylation sites is 2. The average Bonchev–Trinajstić information content (AvgIpc) is 3.15. The molecule has 5 nitrogen and oxygen atoms in total. The second kappa shape index (κ2) is 7.54. The molecule has 5 aromatic rings. The van der Waals surface area contributed by atoms with E-state index in [0.29, 0.717) is 22.4 Å². The van der Waals surface area contributed by atoms with E-state index in [1.165, 1.54) is 0 Å². The zero-order chi connectivity index (χ0) is 20.5. The first-order valence-electron chi connectivity index (χ1n) is 9.50. The van der Waals surface area contributed by atoms with Crippen molar-refractivity contribution >= 4 is 39.8 Å². The van der Waals surface area contributed by atoms with Crippen molar-refractivity contribution in [2.75, 3.05) is 11.1 Å². The molecule has 0 fully saturated rings. The zero-order valence-corrected chi connectivity index (χ0v) is 16.7. The van der Waals surface area contributed by atoms with E-state index >= 15 is 0 Å². The summed E-state index contributed by atoms with van der Waals surface area (Å²) in [7, 11) is 0. The van der Waals surface area contributed by atoms with Gasteiger partial charge in [-0.05, 0) is 36.4 Å². The normalized spacial score (nSPS) is 11.0. The summed E-state index contributed by atoms with van der Waals surface area (Å²) in [5.74, 6) is 0.455. The van der Waals surface area contributed by atoms with Crippen molar-refractivity contribution in [1.29, 1.82) is 0 Å². The maximum Gasteiger partial charge on any atom is 0.227 e. The van der Waals surface area contributed by atoms with Gasteiger partial charge in [0.1, 0.15) is 0 Å². The first-order valence-corrected chi connectivity index (χ1v) is 9.88. The highest BCUT2D eigenvalue weighted by Gasteiger charge is 2.16. The van der Waals surface area contributed by atoms with E-state index < -0.39 is 0 Å². The molecule has 0 amide bonds. The SMILES string of the molecule is Nc1cccc(Nc2ncc(Cl)c(-c3cn(-c4ccccc4)c4ccccc34)n2)c1. The van der Waals surface area contributed by atoms with Gasteiger partial charge in [0.05, 0.1) is 22.4 Å². The minimum absolute atomic E-state index is 0.455. The fraction of sp³-hybridized carbons (Fsp3) is 0. The molecule has 0 bridgehead atoms. The Labute approximate surface area is 178 Å². The molecule has 3 N–H and O–H groups in total. The van der Waals surface area contributed by atoms with Gasteiger partial charge in [0.15, 0.2) is 0 Å². The first kappa shape index (κ1) is 18.2. The average molecular weight is 412 g/mol. The lowest BCUT2D eigenvalue weighted by atomic mass is 10.1. The fourth-order valence-electron chi connectivity index (χ4n) is 3.53. The number of fused-ring (bicyclic) bond motifs is 1. The van der Waals surface area contributed by atoms with Crippen LogP contribution in [0.25, 0.3) is 27.8 Å². The van der Waals surface area contributed by atoms with Crippen LogP contribution in [-0.2, 0) is 0 Å². The molecule has 2 heterocycles. The summed E-state index contributed by atoms with van der Waals surface area (Å²) in [5.41, 5.74) is 11.1. The summed E-state index contributed by atoms with van der Waals surface area (Å²) >= 11 is 6.53. The van der Waals surface area contributed by atoms with Crippen LogP contribution in [0.3, 0.4) is 0 Å².